The van der Waals surface area contributed by atoms with Crippen LogP contribution < -0.4 is 5.73 Å². The molecule has 0 aliphatic heterocycles. The number of nitrogen functional groups attached to an aromatic ring is 1. The van der Waals surface area contributed by atoms with E-state index in [1.807, 2.05) is 23.6 Å². The van der Waals surface area contributed by atoms with Crippen LogP contribution in [0.25, 0.3) is 5.69 Å². The molecule has 0 radical (unpaired) electrons. The topological polar surface area (TPSA) is 56.7 Å². The molecule has 2 N–H and O–H groups in total. The fraction of sp³-hybridized carbons (Fsp3) is 0.111. The molecule has 1 heterocycles. The second kappa shape index (κ2) is 3.56. The maximum Gasteiger partial charge on any atom is 0.123 e. The summed E-state index contributed by atoms with van der Waals surface area (Å²) in [4.78, 5) is 0. The molecule has 0 saturated carbocycles. The molecule has 0 saturated heterocycles. The van der Waals surface area contributed by atoms with Crippen molar-refractivity contribution in [1.82, 2.24) is 14.8 Å². The summed E-state index contributed by atoms with van der Waals surface area (Å²) in [5.41, 5.74) is 8.80. The lowest BCUT2D eigenvalue weighted by molar-refractivity contribution is 1.05. The number of halogens is 1. The standard InChI is InChI=1S/C9H9IN4/c1-6-2-7(3-8(10)9(6)11)14-4-12-13-5-14/h2-5H,11H2,1H3. The van der Waals surface area contributed by atoms with Gasteiger partial charge in [0.15, 0.2) is 0 Å². The van der Waals surface area contributed by atoms with Crippen LogP contribution in [0.15, 0.2) is 24.8 Å². The van der Waals surface area contributed by atoms with Crippen molar-refractivity contribution in [3.8, 4) is 5.69 Å². The highest BCUT2D eigenvalue weighted by Crippen LogP contribution is 2.22. The lowest BCUT2D eigenvalue weighted by Crippen LogP contribution is -1.97. The van der Waals surface area contributed by atoms with Crippen LogP contribution in [0.3, 0.4) is 0 Å². The van der Waals surface area contributed by atoms with Gasteiger partial charge in [-0.3, -0.25) is 4.57 Å². The molecular weight excluding hydrogens is 291 g/mol. The Morgan fingerprint density at radius 1 is 1.29 bits per heavy atom. The Balaban J connectivity index is 2.57. The number of rotatable bonds is 1. The van der Waals surface area contributed by atoms with Crippen molar-refractivity contribution in [2.24, 2.45) is 0 Å². The molecule has 0 fully saturated rings. The van der Waals surface area contributed by atoms with Crippen LogP contribution in [0.2, 0.25) is 0 Å². The van der Waals surface area contributed by atoms with Gasteiger partial charge >= 0.3 is 0 Å². The van der Waals surface area contributed by atoms with E-state index in [0.717, 1.165) is 20.5 Å². The van der Waals surface area contributed by atoms with Crippen LogP contribution in [-0.4, -0.2) is 14.8 Å². The summed E-state index contributed by atoms with van der Waals surface area (Å²) in [5, 5.41) is 7.52. The molecule has 0 aliphatic carbocycles. The largest absolute Gasteiger partial charge is 0.398 e. The molecule has 14 heavy (non-hydrogen) atoms. The molecule has 0 spiro atoms. The lowest BCUT2D eigenvalue weighted by atomic mass is 10.2. The molecule has 2 rings (SSSR count). The maximum absolute atomic E-state index is 5.86. The number of benzene rings is 1. The van der Waals surface area contributed by atoms with E-state index in [-0.39, 0.29) is 0 Å². The summed E-state index contributed by atoms with van der Waals surface area (Å²) in [5.74, 6) is 0. The molecule has 1 aromatic heterocycles. The van der Waals surface area contributed by atoms with E-state index < -0.39 is 0 Å². The Kier molecular flexibility index (Phi) is 2.40. The Morgan fingerprint density at radius 3 is 2.50 bits per heavy atom. The first-order valence-corrected chi connectivity index (χ1v) is 5.17. The van der Waals surface area contributed by atoms with E-state index in [9.17, 15) is 0 Å². The van der Waals surface area contributed by atoms with Gasteiger partial charge in [-0.15, -0.1) is 10.2 Å². The van der Waals surface area contributed by atoms with Crippen molar-refractivity contribution >= 4 is 28.3 Å². The average Bonchev–Trinajstić information content (AvgIpc) is 2.66. The zero-order valence-corrected chi connectivity index (χ0v) is 9.76. The minimum Gasteiger partial charge on any atom is -0.398 e. The van der Waals surface area contributed by atoms with Gasteiger partial charge in [0.05, 0.1) is 0 Å². The number of anilines is 1. The van der Waals surface area contributed by atoms with E-state index in [1.54, 1.807) is 12.7 Å². The summed E-state index contributed by atoms with van der Waals surface area (Å²) in [7, 11) is 0. The van der Waals surface area contributed by atoms with Crippen molar-refractivity contribution in [3.63, 3.8) is 0 Å². The Bertz CT molecular complexity index is 427. The monoisotopic (exact) mass is 300 g/mol. The number of aryl methyl sites for hydroxylation is 1. The van der Waals surface area contributed by atoms with Gasteiger partial charge in [-0.1, -0.05) is 0 Å². The summed E-state index contributed by atoms with van der Waals surface area (Å²) in [6, 6.07) is 4.02. The molecule has 0 atom stereocenters. The summed E-state index contributed by atoms with van der Waals surface area (Å²) >= 11 is 2.22. The zero-order chi connectivity index (χ0) is 10.1. The Hall–Kier alpha value is -1.11. The third kappa shape index (κ3) is 1.59. The second-order valence-electron chi connectivity index (χ2n) is 3.03. The average molecular weight is 300 g/mol. The van der Waals surface area contributed by atoms with Crippen molar-refractivity contribution in [2.75, 3.05) is 5.73 Å². The van der Waals surface area contributed by atoms with Gasteiger partial charge in [0, 0.05) is 14.9 Å². The fourth-order valence-electron chi connectivity index (χ4n) is 1.22. The summed E-state index contributed by atoms with van der Waals surface area (Å²) < 4.78 is 2.90. The molecule has 5 heteroatoms. The minimum absolute atomic E-state index is 0.836. The SMILES string of the molecule is Cc1cc(-n2cnnc2)cc(I)c1N. The first kappa shape index (κ1) is 9.45. The van der Waals surface area contributed by atoms with Gasteiger partial charge in [0.1, 0.15) is 12.7 Å². The van der Waals surface area contributed by atoms with Crippen LogP contribution in [0.5, 0.6) is 0 Å². The molecule has 2 aromatic rings. The highest BCUT2D eigenvalue weighted by atomic mass is 127. The van der Waals surface area contributed by atoms with Crippen molar-refractivity contribution in [2.45, 2.75) is 6.92 Å². The van der Waals surface area contributed by atoms with Crippen LogP contribution in [0, 0.1) is 10.5 Å². The zero-order valence-electron chi connectivity index (χ0n) is 7.61. The molecule has 0 unspecified atom stereocenters. The van der Waals surface area contributed by atoms with Crippen LogP contribution in [0.4, 0.5) is 5.69 Å². The predicted molar refractivity (Wildman–Crippen MR) is 63.2 cm³/mol. The Labute approximate surface area is 95.3 Å². The van der Waals surface area contributed by atoms with Gasteiger partial charge in [-0.25, -0.2) is 0 Å². The number of hydrogen-bond donors (Lipinski definition) is 1. The van der Waals surface area contributed by atoms with E-state index >= 15 is 0 Å². The highest BCUT2D eigenvalue weighted by molar-refractivity contribution is 14.1. The second-order valence-corrected chi connectivity index (χ2v) is 4.19. The molecular formula is C9H9IN4. The van der Waals surface area contributed by atoms with Gasteiger partial charge in [0.25, 0.3) is 0 Å². The number of hydrogen-bond acceptors (Lipinski definition) is 3. The third-order valence-electron chi connectivity index (χ3n) is 2.04. The number of nitrogens with zero attached hydrogens (tertiary/aromatic N) is 3. The van der Waals surface area contributed by atoms with E-state index in [0.29, 0.717) is 0 Å². The lowest BCUT2D eigenvalue weighted by Gasteiger charge is -2.07. The third-order valence-corrected chi connectivity index (χ3v) is 2.93. The van der Waals surface area contributed by atoms with Crippen molar-refractivity contribution in [1.29, 1.82) is 0 Å². The van der Waals surface area contributed by atoms with Crippen LogP contribution in [-0.2, 0) is 0 Å². The normalized spacial score (nSPS) is 10.4. The van der Waals surface area contributed by atoms with Gasteiger partial charge in [0.2, 0.25) is 0 Å². The molecule has 0 aliphatic rings. The summed E-state index contributed by atoms with van der Waals surface area (Å²) in [6.45, 7) is 1.99. The molecule has 72 valence electrons. The fourth-order valence-corrected chi connectivity index (χ4v) is 1.96. The Morgan fingerprint density at radius 2 is 1.93 bits per heavy atom. The van der Waals surface area contributed by atoms with Gasteiger partial charge in [-0.05, 0) is 47.2 Å². The summed E-state index contributed by atoms with van der Waals surface area (Å²) in [6.07, 6.45) is 3.34. The van der Waals surface area contributed by atoms with E-state index in [1.165, 1.54) is 0 Å². The first-order valence-electron chi connectivity index (χ1n) is 4.09. The number of nitrogens with two attached hydrogens (primary N) is 1. The molecule has 0 amide bonds. The van der Waals surface area contributed by atoms with E-state index in [2.05, 4.69) is 32.8 Å². The number of aromatic nitrogens is 3. The molecule has 1 aromatic carbocycles. The minimum atomic E-state index is 0.836. The van der Waals surface area contributed by atoms with Gasteiger partial charge < -0.3 is 5.73 Å². The smallest absolute Gasteiger partial charge is 0.123 e. The first-order chi connectivity index (χ1) is 6.68. The van der Waals surface area contributed by atoms with E-state index in [4.69, 9.17) is 5.73 Å². The molecule has 4 nitrogen and oxygen atoms in total. The van der Waals surface area contributed by atoms with Gasteiger partial charge in [-0.2, -0.15) is 0 Å². The van der Waals surface area contributed by atoms with Crippen LogP contribution in [0.1, 0.15) is 5.56 Å². The quantitative estimate of drug-likeness (QED) is 0.645. The van der Waals surface area contributed by atoms with Crippen molar-refractivity contribution in [3.05, 3.63) is 33.9 Å². The van der Waals surface area contributed by atoms with Crippen molar-refractivity contribution < 1.29 is 0 Å². The maximum atomic E-state index is 5.86. The predicted octanol–water partition coefficient (Wildman–Crippen LogP) is 1.76. The highest BCUT2D eigenvalue weighted by Gasteiger charge is 2.03. The van der Waals surface area contributed by atoms with Crippen LogP contribution >= 0.6 is 22.6 Å². The molecule has 0 bridgehead atoms.